The molecule has 238 valence electrons. The zero-order valence-electron chi connectivity index (χ0n) is 28.1. The number of rotatable bonds is 7. The van der Waals surface area contributed by atoms with Crippen LogP contribution in [0.3, 0.4) is 0 Å². The van der Waals surface area contributed by atoms with Crippen molar-refractivity contribution in [1.82, 2.24) is 0 Å². The van der Waals surface area contributed by atoms with Crippen LogP contribution in [0, 0.1) is 74.4 Å². The number of aliphatic carboxylic acids is 1. The van der Waals surface area contributed by atoms with Crippen molar-refractivity contribution in [3.05, 3.63) is 0 Å². The van der Waals surface area contributed by atoms with E-state index in [0.29, 0.717) is 41.4 Å². The van der Waals surface area contributed by atoms with Gasteiger partial charge in [-0.2, -0.15) is 0 Å². The van der Waals surface area contributed by atoms with Crippen LogP contribution in [0.15, 0.2) is 0 Å². The third-order valence-corrected chi connectivity index (χ3v) is 15.4. The van der Waals surface area contributed by atoms with Crippen molar-refractivity contribution in [3.63, 3.8) is 0 Å². The normalized spacial score (nSPS) is 48.3. The van der Waals surface area contributed by atoms with Gasteiger partial charge >= 0.3 is 11.9 Å². The van der Waals surface area contributed by atoms with Gasteiger partial charge < -0.3 is 14.6 Å². The van der Waals surface area contributed by atoms with Crippen LogP contribution >= 0.6 is 0 Å². The number of carboxylic acid groups (broad SMARTS) is 1. The van der Waals surface area contributed by atoms with Crippen molar-refractivity contribution in [2.45, 2.75) is 139 Å². The van der Waals surface area contributed by atoms with Gasteiger partial charge in [-0.25, -0.2) is 0 Å². The van der Waals surface area contributed by atoms with Crippen LogP contribution in [0.2, 0.25) is 0 Å². The Kier molecular flexibility index (Phi) is 8.09. The van der Waals surface area contributed by atoms with E-state index in [1.165, 1.54) is 32.0 Å². The third-order valence-electron chi connectivity index (χ3n) is 15.4. The molecule has 5 fully saturated rings. The van der Waals surface area contributed by atoms with Crippen molar-refractivity contribution in [3.8, 4) is 0 Å². The van der Waals surface area contributed by atoms with Gasteiger partial charge in [-0.05, 0) is 121 Å². The van der Waals surface area contributed by atoms with Crippen LogP contribution in [0.4, 0.5) is 0 Å². The van der Waals surface area contributed by atoms with Crippen molar-refractivity contribution in [2.24, 2.45) is 74.4 Å². The average molecular weight is 585 g/mol. The Balaban J connectivity index is 1.42. The molecule has 5 heteroatoms. The summed E-state index contributed by atoms with van der Waals surface area (Å²) in [5.41, 5.74) is 0.389. The van der Waals surface area contributed by atoms with Gasteiger partial charge in [0.25, 0.3) is 0 Å². The van der Waals surface area contributed by atoms with E-state index in [9.17, 15) is 14.4 Å². The zero-order valence-corrected chi connectivity index (χ0v) is 28.1. The maximum atomic E-state index is 12.9. The quantitative estimate of drug-likeness (QED) is 0.239. The third kappa shape index (κ3) is 4.46. The molecule has 0 aromatic rings. The molecule has 0 heterocycles. The first-order valence-corrected chi connectivity index (χ1v) is 17.4. The van der Waals surface area contributed by atoms with Gasteiger partial charge in [0.15, 0.2) is 0 Å². The first kappa shape index (κ1) is 32.0. The van der Waals surface area contributed by atoms with Gasteiger partial charge in [-0.1, -0.05) is 62.3 Å². The average Bonchev–Trinajstić information content (AvgIpc) is 3.28. The molecule has 0 bridgehead atoms. The largest absolute Gasteiger partial charge is 0.481 e. The molecule has 5 rings (SSSR count). The Bertz CT molecular complexity index is 1080. The summed E-state index contributed by atoms with van der Waals surface area (Å²) < 4.78 is 6.20. The minimum absolute atomic E-state index is 0.00582. The maximum Gasteiger partial charge on any atom is 0.306 e. The number of aldehydes is 1. The highest BCUT2D eigenvalue weighted by Crippen LogP contribution is 2.78. The van der Waals surface area contributed by atoms with E-state index in [4.69, 9.17) is 9.84 Å². The summed E-state index contributed by atoms with van der Waals surface area (Å²) in [6.07, 6.45) is 11.6. The smallest absolute Gasteiger partial charge is 0.306 e. The molecule has 5 aliphatic carbocycles. The second kappa shape index (κ2) is 10.6. The second-order valence-corrected chi connectivity index (χ2v) is 17.7. The summed E-state index contributed by atoms with van der Waals surface area (Å²) in [4.78, 5) is 36.9. The number of hydrogen-bond acceptors (Lipinski definition) is 4. The fourth-order valence-electron chi connectivity index (χ4n) is 13.1. The fraction of sp³-hybridized carbons (Fsp3) is 0.919. The van der Waals surface area contributed by atoms with E-state index >= 15 is 0 Å². The highest BCUT2D eigenvalue weighted by atomic mass is 16.5. The Labute approximate surface area is 255 Å². The molecular formula is C37H60O5. The van der Waals surface area contributed by atoms with E-state index in [1.807, 2.05) is 6.92 Å². The zero-order chi connectivity index (χ0) is 31.0. The topological polar surface area (TPSA) is 80.7 Å². The molecule has 0 aromatic heterocycles. The molecule has 5 nitrogen and oxygen atoms in total. The van der Waals surface area contributed by atoms with Crippen LogP contribution in [0.25, 0.3) is 0 Å². The number of carboxylic acids is 1. The van der Waals surface area contributed by atoms with E-state index in [-0.39, 0.29) is 57.9 Å². The number of carbonyl (C=O) groups is 3. The van der Waals surface area contributed by atoms with Gasteiger partial charge in [0.2, 0.25) is 0 Å². The minimum Gasteiger partial charge on any atom is -0.481 e. The predicted molar refractivity (Wildman–Crippen MR) is 166 cm³/mol. The van der Waals surface area contributed by atoms with E-state index in [2.05, 4.69) is 55.4 Å². The molecule has 5 aliphatic rings. The van der Waals surface area contributed by atoms with Crippen LogP contribution in [-0.2, 0) is 19.1 Å². The molecule has 1 N–H and O–H groups in total. The van der Waals surface area contributed by atoms with E-state index < -0.39 is 5.97 Å². The maximum absolute atomic E-state index is 12.9. The van der Waals surface area contributed by atoms with Crippen molar-refractivity contribution in [1.29, 1.82) is 0 Å². The highest BCUT2D eigenvalue weighted by molar-refractivity contribution is 5.72. The first-order valence-electron chi connectivity index (χ1n) is 17.4. The lowest BCUT2D eigenvalue weighted by Crippen LogP contribution is -2.69. The summed E-state index contributed by atoms with van der Waals surface area (Å²) in [6, 6.07) is 0. The van der Waals surface area contributed by atoms with Crippen LogP contribution in [-0.4, -0.2) is 29.4 Å². The number of carbonyl (C=O) groups excluding carboxylic acids is 2. The number of esters is 1. The van der Waals surface area contributed by atoms with Crippen LogP contribution in [0.1, 0.15) is 133 Å². The van der Waals surface area contributed by atoms with Gasteiger partial charge in [-0.3, -0.25) is 9.59 Å². The monoisotopic (exact) mass is 584 g/mol. The number of hydrogen-bond donors (Lipinski definition) is 1. The predicted octanol–water partition coefficient (Wildman–Crippen LogP) is 8.58. The fourth-order valence-corrected chi connectivity index (χ4v) is 13.1. The van der Waals surface area contributed by atoms with Crippen molar-refractivity contribution < 1.29 is 24.2 Å². The summed E-state index contributed by atoms with van der Waals surface area (Å²) >= 11 is 0. The van der Waals surface area contributed by atoms with E-state index in [0.717, 1.165) is 32.1 Å². The van der Waals surface area contributed by atoms with Gasteiger partial charge in [-0.15, -0.1) is 0 Å². The molecule has 5 saturated carbocycles. The Morgan fingerprint density at radius 3 is 2.21 bits per heavy atom. The Hall–Kier alpha value is -1.39. The molecule has 0 aliphatic heterocycles. The van der Waals surface area contributed by atoms with Crippen molar-refractivity contribution >= 4 is 18.2 Å². The summed E-state index contributed by atoms with van der Waals surface area (Å²) in [7, 11) is 0. The van der Waals surface area contributed by atoms with Crippen molar-refractivity contribution in [2.75, 3.05) is 0 Å². The summed E-state index contributed by atoms with van der Waals surface area (Å²) in [6.45, 7) is 21.7. The molecule has 42 heavy (non-hydrogen) atoms. The molecule has 0 saturated heterocycles. The first-order chi connectivity index (χ1) is 19.5. The molecule has 0 spiro atoms. The van der Waals surface area contributed by atoms with Gasteiger partial charge in [0, 0.05) is 23.7 Å². The van der Waals surface area contributed by atoms with Crippen LogP contribution in [0.5, 0.6) is 0 Å². The summed E-state index contributed by atoms with van der Waals surface area (Å²) in [5.74, 6) is 2.74. The lowest BCUT2D eigenvalue weighted by Gasteiger charge is -2.74. The molecule has 0 aromatic carbocycles. The lowest BCUT2D eigenvalue weighted by molar-refractivity contribution is -0.268. The number of ether oxygens (including phenoxy) is 1. The SMILES string of the molecule is CC(CC(=O)O)CC(=O)O[C@H]1CC[C@]2(C)[C@H]3CC[C@@H]4[C@H]5[C@H](C(C)C)CC[C@]5(C=O)CC[C@@]4(C)[C@]3(C)[C@@H](C)C[C@H]2C1(C)C. The minimum atomic E-state index is -0.866. The molecular weight excluding hydrogens is 524 g/mol. The summed E-state index contributed by atoms with van der Waals surface area (Å²) in [5, 5.41) is 9.13. The lowest BCUT2D eigenvalue weighted by atomic mass is 9.30. The highest BCUT2D eigenvalue weighted by Gasteiger charge is 2.72. The molecule has 12 atom stereocenters. The molecule has 1 unspecified atom stereocenters. The second-order valence-electron chi connectivity index (χ2n) is 17.7. The molecule has 0 radical (unpaired) electrons. The van der Waals surface area contributed by atoms with Gasteiger partial charge in [0.05, 0.1) is 0 Å². The molecule has 0 amide bonds. The van der Waals surface area contributed by atoms with Gasteiger partial charge in [0.1, 0.15) is 12.4 Å². The standard InChI is InChI=1S/C37H60O5/c1-22(2)25-12-15-37(21-38)17-16-35(8)26(32(25)37)10-11-27-34(7)14-13-29(42-31(41)19-23(3)18-30(39)40)33(5,6)28(34)20-24(4)36(27,35)9/h21-29,32H,10-20H2,1-9H3,(H,39,40)/t23?,24-,25-,26+,27+,28-,29-,32+,34+,35+,36+,37+/m0/s1. The Morgan fingerprint density at radius 1 is 0.905 bits per heavy atom. The van der Waals surface area contributed by atoms with Crippen LogP contribution < -0.4 is 0 Å². The Morgan fingerprint density at radius 2 is 1.60 bits per heavy atom. The number of fused-ring (bicyclic) bond motifs is 7. The van der Waals surface area contributed by atoms with E-state index in [1.54, 1.807) is 0 Å².